The van der Waals surface area contributed by atoms with E-state index in [0.717, 1.165) is 0 Å². The Morgan fingerprint density at radius 2 is 1.94 bits per heavy atom. The molecule has 2 N–H and O–H groups in total. The van der Waals surface area contributed by atoms with Gasteiger partial charge in [-0.3, -0.25) is 4.79 Å². The second-order valence-electron chi connectivity index (χ2n) is 7.91. The van der Waals surface area contributed by atoms with Gasteiger partial charge in [-0.1, -0.05) is 49.7 Å². The molecule has 1 heterocycles. The quantitative estimate of drug-likeness (QED) is 0.397. The topological polar surface area (TPSA) is 68.5 Å². The van der Waals surface area contributed by atoms with E-state index in [4.69, 9.17) is 33.7 Å². The predicted molar refractivity (Wildman–Crippen MR) is 132 cm³/mol. The number of primary amides is 1. The third kappa shape index (κ3) is 5.46. The summed E-state index contributed by atoms with van der Waals surface area (Å²) in [5, 5.41) is 0.670. The summed E-state index contributed by atoms with van der Waals surface area (Å²) in [4.78, 5) is 17.8. The summed E-state index contributed by atoms with van der Waals surface area (Å²) in [7, 11) is 1.70. The maximum absolute atomic E-state index is 14.5. The molecule has 5 nitrogen and oxygen atoms in total. The number of halogens is 3. The SMILES string of the molecule is C=C(c1c(F)cccc1Cl)N(C)c1ncc(-c2cc(C(N)=O)ccc2Cl)cc1OCC(C)C. The van der Waals surface area contributed by atoms with E-state index in [-0.39, 0.29) is 16.5 Å². The number of anilines is 1. The number of pyridine rings is 1. The van der Waals surface area contributed by atoms with E-state index in [1.807, 2.05) is 13.8 Å². The molecule has 0 radical (unpaired) electrons. The standard InChI is InChI=1S/C25H24Cl2FN3O2/c1-14(2)13-33-22-11-17(18-10-16(24(29)32)8-9-19(18)26)12-30-25(22)31(4)15(3)23-20(27)6-5-7-21(23)28/h5-12,14H,3,13H2,1-2,4H3,(H2,29,32). The Morgan fingerprint density at radius 3 is 2.58 bits per heavy atom. The van der Waals surface area contributed by atoms with E-state index in [9.17, 15) is 9.18 Å². The number of hydrogen-bond acceptors (Lipinski definition) is 4. The van der Waals surface area contributed by atoms with Crippen molar-refractivity contribution in [2.75, 3.05) is 18.6 Å². The molecule has 1 aromatic heterocycles. The summed E-state index contributed by atoms with van der Waals surface area (Å²) in [6.45, 7) is 8.48. The first-order chi connectivity index (χ1) is 15.6. The van der Waals surface area contributed by atoms with Gasteiger partial charge in [-0.2, -0.15) is 0 Å². The number of nitrogens with two attached hydrogens (primary N) is 1. The highest BCUT2D eigenvalue weighted by atomic mass is 35.5. The number of nitrogens with zero attached hydrogens (tertiary/aromatic N) is 2. The molecule has 0 aliphatic carbocycles. The zero-order chi connectivity index (χ0) is 24.3. The lowest BCUT2D eigenvalue weighted by atomic mass is 10.0. The number of benzene rings is 2. The van der Waals surface area contributed by atoms with Crippen LogP contribution in [0.2, 0.25) is 10.0 Å². The summed E-state index contributed by atoms with van der Waals surface area (Å²) in [6.07, 6.45) is 1.59. The molecule has 0 saturated heterocycles. The first-order valence-electron chi connectivity index (χ1n) is 10.2. The van der Waals surface area contributed by atoms with Crippen LogP contribution in [0.1, 0.15) is 29.8 Å². The van der Waals surface area contributed by atoms with Crippen LogP contribution in [0.15, 0.2) is 55.2 Å². The third-order valence-corrected chi connectivity index (χ3v) is 5.59. The monoisotopic (exact) mass is 487 g/mol. The molecule has 3 rings (SSSR count). The molecule has 172 valence electrons. The van der Waals surface area contributed by atoms with Gasteiger partial charge >= 0.3 is 0 Å². The minimum absolute atomic E-state index is 0.180. The van der Waals surface area contributed by atoms with Gasteiger partial charge in [0.2, 0.25) is 5.91 Å². The largest absolute Gasteiger partial charge is 0.489 e. The average Bonchev–Trinajstić information content (AvgIpc) is 2.77. The van der Waals surface area contributed by atoms with Gasteiger partial charge in [-0.05, 0) is 42.3 Å². The Labute approximate surface area is 202 Å². The van der Waals surface area contributed by atoms with E-state index < -0.39 is 11.7 Å². The Hall–Kier alpha value is -3.09. The smallest absolute Gasteiger partial charge is 0.248 e. The van der Waals surface area contributed by atoms with Gasteiger partial charge in [-0.25, -0.2) is 9.37 Å². The molecule has 3 aromatic rings. The van der Waals surface area contributed by atoms with Crippen LogP contribution in [-0.4, -0.2) is 24.5 Å². The van der Waals surface area contributed by atoms with Crippen LogP contribution in [-0.2, 0) is 0 Å². The first-order valence-corrected chi connectivity index (χ1v) is 10.9. The van der Waals surface area contributed by atoms with Gasteiger partial charge in [-0.15, -0.1) is 0 Å². The number of carbonyl (C=O) groups is 1. The van der Waals surface area contributed by atoms with Crippen molar-refractivity contribution in [1.29, 1.82) is 0 Å². The van der Waals surface area contributed by atoms with Gasteiger partial charge in [0.05, 0.1) is 17.2 Å². The van der Waals surface area contributed by atoms with Gasteiger partial charge in [0.25, 0.3) is 0 Å². The van der Waals surface area contributed by atoms with Crippen molar-refractivity contribution in [2.24, 2.45) is 11.7 Å². The molecule has 0 aliphatic rings. The highest BCUT2D eigenvalue weighted by molar-refractivity contribution is 6.33. The van der Waals surface area contributed by atoms with Gasteiger partial charge in [0, 0.05) is 40.7 Å². The highest BCUT2D eigenvalue weighted by Crippen LogP contribution is 2.38. The van der Waals surface area contributed by atoms with Crippen LogP contribution in [0.25, 0.3) is 16.8 Å². The molecular weight excluding hydrogens is 464 g/mol. The fourth-order valence-corrected chi connectivity index (χ4v) is 3.67. The Kier molecular flexibility index (Phi) is 7.61. The fraction of sp³-hybridized carbons (Fsp3) is 0.200. The van der Waals surface area contributed by atoms with Crippen LogP contribution in [0, 0.1) is 11.7 Å². The molecule has 33 heavy (non-hydrogen) atoms. The predicted octanol–water partition coefficient (Wildman–Crippen LogP) is 6.44. The number of carbonyl (C=O) groups excluding carboxylic acids is 1. The lowest BCUT2D eigenvalue weighted by Gasteiger charge is -2.25. The van der Waals surface area contributed by atoms with Crippen molar-refractivity contribution in [1.82, 2.24) is 4.98 Å². The molecule has 0 saturated carbocycles. The normalized spacial score (nSPS) is 10.9. The first kappa shape index (κ1) is 24.6. The Balaban J connectivity index is 2.08. The fourth-order valence-electron chi connectivity index (χ4n) is 3.17. The number of aromatic nitrogens is 1. The van der Waals surface area contributed by atoms with E-state index in [0.29, 0.717) is 45.6 Å². The van der Waals surface area contributed by atoms with Gasteiger partial charge in [0.15, 0.2) is 11.6 Å². The van der Waals surface area contributed by atoms with Gasteiger partial charge < -0.3 is 15.4 Å². The highest BCUT2D eigenvalue weighted by Gasteiger charge is 2.21. The van der Waals surface area contributed by atoms with Crippen molar-refractivity contribution < 1.29 is 13.9 Å². The zero-order valence-corrected chi connectivity index (χ0v) is 20.0. The molecule has 2 aromatic carbocycles. The van der Waals surface area contributed by atoms with Crippen LogP contribution in [0.4, 0.5) is 10.2 Å². The van der Waals surface area contributed by atoms with Crippen molar-refractivity contribution in [3.63, 3.8) is 0 Å². The van der Waals surface area contributed by atoms with Crippen molar-refractivity contribution in [3.8, 4) is 16.9 Å². The zero-order valence-electron chi connectivity index (χ0n) is 18.5. The molecule has 0 aliphatic heterocycles. The second-order valence-corrected chi connectivity index (χ2v) is 8.73. The molecule has 0 atom stereocenters. The molecular formula is C25H24Cl2FN3O2. The number of ether oxygens (including phenoxy) is 1. The Bertz CT molecular complexity index is 1190. The van der Waals surface area contributed by atoms with E-state index in [1.54, 1.807) is 48.5 Å². The Morgan fingerprint density at radius 1 is 1.21 bits per heavy atom. The molecule has 0 bridgehead atoms. The van der Waals surface area contributed by atoms with Crippen molar-refractivity contribution >= 4 is 40.6 Å². The van der Waals surface area contributed by atoms with E-state index in [2.05, 4.69) is 11.6 Å². The minimum atomic E-state index is -0.563. The summed E-state index contributed by atoms with van der Waals surface area (Å²) in [5.74, 6) is 0.0591. The van der Waals surface area contributed by atoms with E-state index >= 15 is 0 Å². The minimum Gasteiger partial charge on any atom is -0.489 e. The summed E-state index contributed by atoms with van der Waals surface area (Å²) < 4.78 is 20.5. The number of rotatable bonds is 8. The number of hydrogen-bond donors (Lipinski definition) is 1. The average molecular weight is 488 g/mol. The van der Waals surface area contributed by atoms with Crippen LogP contribution < -0.4 is 15.4 Å². The summed E-state index contributed by atoms with van der Waals surface area (Å²) >= 11 is 12.6. The van der Waals surface area contributed by atoms with Crippen LogP contribution in [0.5, 0.6) is 5.75 Å². The number of amides is 1. The van der Waals surface area contributed by atoms with Gasteiger partial charge in [0.1, 0.15) is 5.82 Å². The molecule has 0 fully saturated rings. The van der Waals surface area contributed by atoms with Crippen LogP contribution >= 0.6 is 23.2 Å². The van der Waals surface area contributed by atoms with Crippen LogP contribution in [0.3, 0.4) is 0 Å². The van der Waals surface area contributed by atoms with Crippen molar-refractivity contribution in [2.45, 2.75) is 13.8 Å². The summed E-state index contributed by atoms with van der Waals surface area (Å²) in [6, 6.07) is 11.0. The second kappa shape index (κ2) is 10.2. The maximum atomic E-state index is 14.5. The van der Waals surface area contributed by atoms with E-state index in [1.165, 1.54) is 12.1 Å². The molecule has 0 spiro atoms. The third-order valence-electron chi connectivity index (χ3n) is 4.94. The van der Waals surface area contributed by atoms with Crippen molar-refractivity contribution in [3.05, 3.63) is 82.2 Å². The molecule has 0 unspecified atom stereocenters. The lowest BCUT2D eigenvalue weighted by molar-refractivity contribution is 0.100. The summed E-state index contributed by atoms with van der Waals surface area (Å²) in [5.41, 5.74) is 7.46. The maximum Gasteiger partial charge on any atom is 0.248 e. The molecule has 8 heteroatoms. The lowest BCUT2D eigenvalue weighted by Crippen LogP contribution is -2.19. The molecule has 1 amide bonds.